The normalized spacial score (nSPS) is 13.3. The molecule has 232 valence electrons. The first-order valence-electron chi connectivity index (χ1n) is 14.7. The van der Waals surface area contributed by atoms with E-state index in [4.69, 9.17) is 21.1 Å². The van der Waals surface area contributed by atoms with Crippen molar-refractivity contribution in [1.82, 2.24) is 19.9 Å². The third-order valence-corrected chi connectivity index (χ3v) is 8.19. The Labute approximate surface area is 262 Å². The largest absolute Gasteiger partial charge is 0.379 e. The minimum Gasteiger partial charge on any atom is -0.379 e. The maximum Gasteiger partial charge on any atom is 0.267 e. The molecular weight excluding hydrogens is 590 g/mol. The molecule has 0 bridgehead atoms. The van der Waals surface area contributed by atoms with E-state index in [1.807, 2.05) is 43.9 Å². The number of aromatic nitrogens is 3. The van der Waals surface area contributed by atoms with Crippen LogP contribution in [0.2, 0.25) is 5.02 Å². The van der Waals surface area contributed by atoms with E-state index in [0.717, 1.165) is 30.6 Å². The van der Waals surface area contributed by atoms with E-state index in [0.29, 0.717) is 91.4 Å². The third-order valence-electron chi connectivity index (χ3n) is 6.96. The number of hydrogen-bond donors (Lipinski definition) is 2. The van der Waals surface area contributed by atoms with Gasteiger partial charge in [0, 0.05) is 51.9 Å². The Kier molecular flexibility index (Phi) is 12.5. The molecule has 1 fully saturated rings. The first kappa shape index (κ1) is 32.6. The van der Waals surface area contributed by atoms with Gasteiger partial charge in [-0.3, -0.25) is 9.59 Å². The standard InChI is InChI=1S/C30H40ClN7O4S/c1-4-41-17-18-42-16-7-5-6-11-27(39)38-14-12-37(13-15-38)26-19-25(33-22(3)34-26)35-30-32-20-24(43-30)29(40)36-28-21(2)9-8-10-23(28)31/h8-10,19-20H,4-7,11-18H2,1-3H3,(H,36,40)(H,32,33,34,35). The highest BCUT2D eigenvalue weighted by atomic mass is 35.5. The van der Waals surface area contributed by atoms with Gasteiger partial charge in [0.05, 0.1) is 30.1 Å². The van der Waals surface area contributed by atoms with Crippen molar-refractivity contribution in [2.45, 2.75) is 46.5 Å². The Morgan fingerprint density at radius 2 is 1.81 bits per heavy atom. The third kappa shape index (κ3) is 9.85. The number of carbonyl (C=O) groups is 2. The fourth-order valence-corrected chi connectivity index (χ4v) is 5.64. The van der Waals surface area contributed by atoms with Crippen LogP contribution in [0, 0.1) is 13.8 Å². The number of ether oxygens (including phenoxy) is 2. The highest BCUT2D eigenvalue weighted by molar-refractivity contribution is 7.17. The second-order valence-corrected chi connectivity index (χ2v) is 11.6. The van der Waals surface area contributed by atoms with Gasteiger partial charge in [-0.25, -0.2) is 15.0 Å². The molecule has 3 heterocycles. The number of para-hydroxylation sites is 1. The van der Waals surface area contributed by atoms with Gasteiger partial charge in [0.25, 0.3) is 5.91 Å². The van der Waals surface area contributed by atoms with Gasteiger partial charge < -0.3 is 29.9 Å². The molecule has 2 aromatic heterocycles. The number of anilines is 4. The molecule has 4 rings (SSSR count). The molecule has 0 saturated carbocycles. The highest BCUT2D eigenvalue weighted by Crippen LogP contribution is 2.28. The van der Waals surface area contributed by atoms with Crippen molar-refractivity contribution >= 4 is 57.2 Å². The van der Waals surface area contributed by atoms with Crippen LogP contribution in [0.1, 0.15) is 53.7 Å². The Bertz CT molecular complexity index is 1340. The maximum absolute atomic E-state index is 12.8. The summed E-state index contributed by atoms with van der Waals surface area (Å²) in [5.41, 5.74) is 1.47. The summed E-state index contributed by atoms with van der Waals surface area (Å²) in [6.07, 6.45) is 4.88. The maximum atomic E-state index is 12.8. The minimum absolute atomic E-state index is 0.200. The van der Waals surface area contributed by atoms with Crippen molar-refractivity contribution in [3.63, 3.8) is 0 Å². The molecule has 0 radical (unpaired) electrons. The Balaban J connectivity index is 1.23. The molecule has 3 aromatic rings. The molecule has 0 unspecified atom stereocenters. The lowest BCUT2D eigenvalue weighted by Gasteiger charge is -2.35. The van der Waals surface area contributed by atoms with Crippen LogP contribution in [-0.2, 0) is 14.3 Å². The predicted molar refractivity (Wildman–Crippen MR) is 171 cm³/mol. The number of rotatable bonds is 15. The summed E-state index contributed by atoms with van der Waals surface area (Å²) < 4.78 is 10.8. The number of nitrogens with one attached hydrogen (secondary N) is 2. The quantitative estimate of drug-likeness (QED) is 0.211. The SMILES string of the molecule is CCOCCOCCCCCC(=O)N1CCN(c2cc(Nc3ncc(C(=O)Nc4c(C)cccc4Cl)s3)nc(C)n2)CC1. The molecule has 1 aliphatic rings. The molecule has 1 aliphatic heterocycles. The predicted octanol–water partition coefficient (Wildman–Crippen LogP) is 5.46. The lowest BCUT2D eigenvalue weighted by Crippen LogP contribution is -2.49. The summed E-state index contributed by atoms with van der Waals surface area (Å²) in [6, 6.07) is 7.34. The summed E-state index contributed by atoms with van der Waals surface area (Å²) in [7, 11) is 0. The number of hydrogen-bond acceptors (Lipinski definition) is 10. The van der Waals surface area contributed by atoms with Gasteiger partial charge >= 0.3 is 0 Å². The lowest BCUT2D eigenvalue weighted by atomic mass is 10.1. The number of benzene rings is 1. The van der Waals surface area contributed by atoms with Gasteiger partial charge in [-0.2, -0.15) is 0 Å². The van der Waals surface area contributed by atoms with E-state index in [1.54, 1.807) is 6.07 Å². The van der Waals surface area contributed by atoms with Crippen molar-refractivity contribution in [3.8, 4) is 0 Å². The van der Waals surface area contributed by atoms with Gasteiger partial charge in [0.15, 0.2) is 5.13 Å². The summed E-state index contributed by atoms with van der Waals surface area (Å²) in [4.78, 5) is 43.6. The van der Waals surface area contributed by atoms with Gasteiger partial charge in [0.1, 0.15) is 22.3 Å². The van der Waals surface area contributed by atoms with Crippen LogP contribution in [0.25, 0.3) is 0 Å². The molecule has 2 amide bonds. The highest BCUT2D eigenvalue weighted by Gasteiger charge is 2.22. The number of aryl methyl sites for hydroxylation is 2. The summed E-state index contributed by atoms with van der Waals surface area (Å²) >= 11 is 7.48. The molecule has 11 nitrogen and oxygen atoms in total. The zero-order valence-corrected chi connectivity index (χ0v) is 26.6. The molecule has 0 spiro atoms. The minimum atomic E-state index is -0.281. The fourth-order valence-electron chi connectivity index (χ4n) is 4.65. The van der Waals surface area contributed by atoms with Crippen molar-refractivity contribution in [1.29, 1.82) is 0 Å². The van der Waals surface area contributed by atoms with Gasteiger partial charge in [-0.1, -0.05) is 41.5 Å². The molecule has 13 heteroatoms. The molecule has 2 N–H and O–H groups in total. The van der Waals surface area contributed by atoms with Gasteiger partial charge in [-0.05, 0) is 45.2 Å². The van der Waals surface area contributed by atoms with E-state index in [1.165, 1.54) is 17.5 Å². The van der Waals surface area contributed by atoms with Crippen LogP contribution >= 0.6 is 22.9 Å². The smallest absolute Gasteiger partial charge is 0.267 e. The Morgan fingerprint density at radius 3 is 2.58 bits per heavy atom. The monoisotopic (exact) mass is 629 g/mol. The zero-order chi connectivity index (χ0) is 30.6. The number of piperazine rings is 1. The fraction of sp³-hybridized carbons (Fsp3) is 0.500. The summed E-state index contributed by atoms with van der Waals surface area (Å²) in [5, 5.41) is 7.10. The molecule has 0 atom stereocenters. The summed E-state index contributed by atoms with van der Waals surface area (Å²) in [6.45, 7) is 11.1. The van der Waals surface area contributed by atoms with Gasteiger partial charge in [0.2, 0.25) is 5.91 Å². The first-order valence-corrected chi connectivity index (χ1v) is 15.9. The van der Waals surface area contributed by atoms with E-state index in [-0.39, 0.29) is 11.8 Å². The average molecular weight is 630 g/mol. The zero-order valence-electron chi connectivity index (χ0n) is 25.0. The Hall–Kier alpha value is -3.32. The molecular formula is C30H40ClN7O4S. The number of halogens is 1. The van der Waals surface area contributed by atoms with Crippen LogP contribution < -0.4 is 15.5 Å². The van der Waals surface area contributed by atoms with E-state index >= 15 is 0 Å². The van der Waals surface area contributed by atoms with Crippen LogP contribution in [0.4, 0.5) is 22.5 Å². The number of carbonyl (C=O) groups excluding carboxylic acids is 2. The Morgan fingerprint density at radius 1 is 1.02 bits per heavy atom. The van der Waals surface area contributed by atoms with E-state index in [2.05, 4.69) is 30.5 Å². The number of unbranched alkanes of at least 4 members (excludes halogenated alkanes) is 2. The van der Waals surface area contributed by atoms with Crippen LogP contribution in [-0.4, -0.2) is 84.3 Å². The van der Waals surface area contributed by atoms with Gasteiger partial charge in [-0.15, -0.1) is 0 Å². The van der Waals surface area contributed by atoms with Crippen molar-refractivity contribution in [3.05, 3.63) is 51.7 Å². The second-order valence-electron chi connectivity index (χ2n) is 10.2. The van der Waals surface area contributed by atoms with Crippen molar-refractivity contribution < 1.29 is 19.1 Å². The first-order chi connectivity index (χ1) is 20.8. The summed E-state index contributed by atoms with van der Waals surface area (Å²) in [5.74, 6) is 1.91. The topological polar surface area (TPSA) is 122 Å². The van der Waals surface area contributed by atoms with Crippen LogP contribution in [0.15, 0.2) is 30.5 Å². The molecule has 43 heavy (non-hydrogen) atoms. The van der Waals surface area contributed by atoms with Crippen molar-refractivity contribution in [2.24, 2.45) is 0 Å². The number of amides is 2. The van der Waals surface area contributed by atoms with Crippen molar-refractivity contribution in [2.75, 3.05) is 68.1 Å². The number of nitrogens with zero attached hydrogens (tertiary/aromatic N) is 5. The van der Waals surface area contributed by atoms with E-state index < -0.39 is 0 Å². The lowest BCUT2D eigenvalue weighted by molar-refractivity contribution is -0.131. The molecule has 0 aliphatic carbocycles. The van der Waals surface area contributed by atoms with Crippen LogP contribution in [0.5, 0.6) is 0 Å². The average Bonchev–Trinajstić information content (AvgIpc) is 3.46. The number of thiazole rings is 1. The second kappa shape index (κ2) is 16.5. The molecule has 1 saturated heterocycles. The molecule has 1 aromatic carbocycles. The van der Waals surface area contributed by atoms with Crippen LogP contribution in [0.3, 0.4) is 0 Å². The van der Waals surface area contributed by atoms with E-state index in [9.17, 15) is 9.59 Å².